The largest absolute Gasteiger partial charge is 0.389 e. The fourth-order valence-corrected chi connectivity index (χ4v) is 2.95. The summed E-state index contributed by atoms with van der Waals surface area (Å²) in [6.07, 6.45) is 3.31. The van der Waals surface area contributed by atoms with Gasteiger partial charge >= 0.3 is 0 Å². The molecule has 1 aromatic rings. The monoisotopic (exact) mass is 327 g/mol. The Morgan fingerprint density at radius 2 is 1.89 bits per heavy atom. The second-order valence-electron chi connectivity index (χ2n) is 5.38. The Bertz CT molecular complexity index is 390. The van der Waals surface area contributed by atoms with Crippen LogP contribution in [0.25, 0.3) is 0 Å². The highest BCUT2D eigenvalue weighted by Crippen LogP contribution is 2.29. The summed E-state index contributed by atoms with van der Waals surface area (Å²) in [4.78, 5) is 2.42. The predicted molar refractivity (Wildman–Crippen MR) is 86.8 cm³/mol. The van der Waals surface area contributed by atoms with Gasteiger partial charge in [-0.05, 0) is 44.9 Å². The first-order valence-corrected chi connectivity index (χ1v) is 8.00. The van der Waals surface area contributed by atoms with Gasteiger partial charge in [0.05, 0.1) is 6.10 Å². The summed E-state index contributed by atoms with van der Waals surface area (Å²) in [5, 5.41) is 9.67. The molecule has 0 aliphatic carbocycles. The second kappa shape index (κ2) is 7.91. The van der Waals surface area contributed by atoms with E-state index in [0.717, 1.165) is 16.6 Å². The van der Waals surface area contributed by atoms with Gasteiger partial charge in [-0.15, -0.1) is 0 Å². The summed E-state index contributed by atoms with van der Waals surface area (Å²) in [5.41, 5.74) is 2.17. The van der Waals surface area contributed by atoms with E-state index in [9.17, 15) is 5.11 Å². The average molecular weight is 328 g/mol. The van der Waals surface area contributed by atoms with Crippen molar-refractivity contribution in [3.63, 3.8) is 0 Å². The molecular weight excluding hydrogens is 302 g/mol. The van der Waals surface area contributed by atoms with E-state index in [4.69, 9.17) is 0 Å². The lowest BCUT2D eigenvalue weighted by Gasteiger charge is -2.29. The summed E-state index contributed by atoms with van der Waals surface area (Å²) < 4.78 is 0.987. The molecule has 2 nitrogen and oxygen atoms in total. The molecule has 0 saturated heterocycles. The molecule has 0 aromatic heterocycles. The fraction of sp³-hybridized carbons (Fsp3) is 0.625. The maximum Gasteiger partial charge on any atom is 0.0772 e. The zero-order valence-corrected chi connectivity index (χ0v) is 14.1. The van der Waals surface area contributed by atoms with Crippen molar-refractivity contribution in [3.8, 4) is 0 Å². The van der Waals surface area contributed by atoms with Gasteiger partial charge < -0.3 is 10.0 Å². The maximum absolute atomic E-state index is 9.67. The number of hydrogen-bond acceptors (Lipinski definition) is 2. The molecular formula is C16H26BrNO. The van der Waals surface area contributed by atoms with E-state index < -0.39 is 6.10 Å². The molecule has 0 bridgehead atoms. The Morgan fingerprint density at radius 1 is 1.21 bits per heavy atom. The van der Waals surface area contributed by atoms with Crippen LogP contribution in [0.3, 0.4) is 0 Å². The maximum atomic E-state index is 9.67. The van der Waals surface area contributed by atoms with Crippen LogP contribution in [-0.4, -0.2) is 17.7 Å². The van der Waals surface area contributed by atoms with Crippen LogP contribution >= 0.6 is 15.9 Å². The Morgan fingerprint density at radius 3 is 2.37 bits per heavy atom. The number of benzene rings is 1. The van der Waals surface area contributed by atoms with E-state index in [1.807, 2.05) is 6.07 Å². The zero-order valence-electron chi connectivity index (χ0n) is 12.5. The van der Waals surface area contributed by atoms with Crippen LogP contribution in [0.5, 0.6) is 0 Å². The molecule has 0 spiro atoms. The minimum absolute atomic E-state index is 0.434. The van der Waals surface area contributed by atoms with Gasteiger partial charge in [0.25, 0.3) is 0 Å². The molecule has 1 N–H and O–H groups in total. The van der Waals surface area contributed by atoms with Crippen molar-refractivity contribution in [2.24, 2.45) is 0 Å². The van der Waals surface area contributed by atoms with Crippen molar-refractivity contribution >= 4 is 21.6 Å². The van der Waals surface area contributed by atoms with Crippen LogP contribution in [0.2, 0.25) is 0 Å². The molecule has 1 aromatic carbocycles. The van der Waals surface area contributed by atoms with Crippen molar-refractivity contribution in [2.75, 3.05) is 11.4 Å². The molecule has 0 amide bonds. The summed E-state index contributed by atoms with van der Waals surface area (Å²) >= 11 is 3.56. The standard InChI is InChI=1S/C16H26BrNO/c1-5-6-7-10-18(12(2)3)14-8-9-15(13(4)19)16(17)11-14/h8-9,11-13,19H,5-7,10H2,1-4H3/t13-/m1/s1. The molecule has 108 valence electrons. The predicted octanol–water partition coefficient (Wildman–Crippen LogP) is 4.91. The second-order valence-corrected chi connectivity index (χ2v) is 6.23. The minimum atomic E-state index is -0.434. The molecule has 1 atom stereocenters. The highest BCUT2D eigenvalue weighted by molar-refractivity contribution is 9.10. The van der Waals surface area contributed by atoms with Gasteiger partial charge in [0.2, 0.25) is 0 Å². The van der Waals surface area contributed by atoms with Gasteiger partial charge in [0.15, 0.2) is 0 Å². The van der Waals surface area contributed by atoms with Crippen molar-refractivity contribution in [3.05, 3.63) is 28.2 Å². The Balaban J connectivity index is 2.87. The van der Waals surface area contributed by atoms with Gasteiger partial charge in [-0.3, -0.25) is 0 Å². The lowest BCUT2D eigenvalue weighted by Crippen LogP contribution is -2.31. The zero-order chi connectivity index (χ0) is 14.4. The summed E-state index contributed by atoms with van der Waals surface area (Å²) in [6.45, 7) is 9.56. The van der Waals surface area contributed by atoms with Crippen molar-refractivity contribution < 1.29 is 5.11 Å². The van der Waals surface area contributed by atoms with Gasteiger partial charge in [0, 0.05) is 22.7 Å². The molecule has 3 heteroatoms. The first-order valence-electron chi connectivity index (χ1n) is 7.21. The number of anilines is 1. The van der Waals surface area contributed by atoms with Crippen LogP contribution in [0.15, 0.2) is 22.7 Å². The van der Waals surface area contributed by atoms with E-state index in [2.05, 4.69) is 53.7 Å². The Hall–Kier alpha value is -0.540. The van der Waals surface area contributed by atoms with E-state index in [-0.39, 0.29) is 0 Å². The topological polar surface area (TPSA) is 23.5 Å². The van der Waals surface area contributed by atoms with Gasteiger partial charge in [-0.25, -0.2) is 0 Å². The number of aliphatic hydroxyl groups excluding tert-OH is 1. The molecule has 0 fully saturated rings. The lowest BCUT2D eigenvalue weighted by atomic mass is 10.1. The third-order valence-electron chi connectivity index (χ3n) is 3.39. The number of unbranched alkanes of at least 4 members (excludes halogenated alkanes) is 2. The van der Waals surface area contributed by atoms with Gasteiger partial charge in [-0.2, -0.15) is 0 Å². The molecule has 0 unspecified atom stereocenters. The van der Waals surface area contributed by atoms with Gasteiger partial charge in [-0.1, -0.05) is 41.8 Å². The fourth-order valence-electron chi connectivity index (χ4n) is 2.25. The molecule has 19 heavy (non-hydrogen) atoms. The van der Waals surface area contributed by atoms with E-state index in [0.29, 0.717) is 6.04 Å². The number of aliphatic hydroxyl groups is 1. The van der Waals surface area contributed by atoms with E-state index >= 15 is 0 Å². The van der Waals surface area contributed by atoms with Crippen molar-refractivity contribution in [1.29, 1.82) is 0 Å². The number of nitrogens with zero attached hydrogens (tertiary/aromatic N) is 1. The molecule has 0 aliphatic heterocycles. The first kappa shape index (κ1) is 16.5. The molecule has 0 aliphatic rings. The summed E-state index contributed by atoms with van der Waals surface area (Å²) in [6, 6.07) is 6.73. The van der Waals surface area contributed by atoms with Crippen LogP contribution in [0.1, 0.15) is 58.6 Å². The van der Waals surface area contributed by atoms with Crippen LogP contribution in [0.4, 0.5) is 5.69 Å². The normalized spacial score (nSPS) is 12.8. The van der Waals surface area contributed by atoms with Crippen LogP contribution in [0, 0.1) is 0 Å². The third kappa shape index (κ3) is 4.81. The quantitative estimate of drug-likeness (QED) is 0.719. The van der Waals surface area contributed by atoms with Crippen molar-refractivity contribution in [2.45, 2.75) is 59.1 Å². The lowest BCUT2D eigenvalue weighted by molar-refractivity contribution is 0.198. The Labute approximate surface area is 126 Å². The van der Waals surface area contributed by atoms with Crippen molar-refractivity contribution in [1.82, 2.24) is 0 Å². The Kier molecular flexibility index (Phi) is 6.87. The highest BCUT2D eigenvalue weighted by atomic mass is 79.9. The highest BCUT2D eigenvalue weighted by Gasteiger charge is 2.13. The van der Waals surface area contributed by atoms with Gasteiger partial charge in [0.1, 0.15) is 0 Å². The summed E-state index contributed by atoms with van der Waals surface area (Å²) in [5.74, 6) is 0. The molecule has 0 saturated carbocycles. The summed E-state index contributed by atoms with van der Waals surface area (Å²) in [7, 11) is 0. The average Bonchev–Trinajstić information content (AvgIpc) is 2.33. The van der Waals surface area contributed by atoms with Crippen LogP contribution < -0.4 is 4.90 Å². The smallest absolute Gasteiger partial charge is 0.0772 e. The molecule has 1 rings (SSSR count). The minimum Gasteiger partial charge on any atom is -0.389 e. The molecule has 0 radical (unpaired) electrons. The van der Waals surface area contributed by atoms with E-state index in [1.165, 1.54) is 24.9 Å². The van der Waals surface area contributed by atoms with Crippen LogP contribution in [-0.2, 0) is 0 Å². The number of rotatable bonds is 7. The number of hydrogen-bond donors (Lipinski definition) is 1. The van der Waals surface area contributed by atoms with E-state index in [1.54, 1.807) is 6.92 Å². The molecule has 0 heterocycles. The SMILES string of the molecule is CCCCCN(c1ccc([C@@H](C)O)c(Br)c1)C(C)C. The third-order valence-corrected chi connectivity index (χ3v) is 4.08. The number of halogens is 1. The first-order chi connectivity index (χ1) is 8.97.